The van der Waals surface area contributed by atoms with Crippen LogP contribution in [0.3, 0.4) is 0 Å². The first-order valence-electron chi connectivity index (χ1n) is 10.2. The van der Waals surface area contributed by atoms with E-state index < -0.39 is 0 Å². The number of benzene rings is 4. The van der Waals surface area contributed by atoms with Crippen molar-refractivity contribution < 1.29 is 0 Å². The summed E-state index contributed by atoms with van der Waals surface area (Å²) in [6.07, 6.45) is 0.858. The normalized spacial score (nSPS) is 22.6. The summed E-state index contributed by atoms with van der Waals surface area (Å²) in [5.74, 6) is 0. The van der Waals surface area contributed by atoms with E-state index in [1.165, 1.54) is 22.3 Å². The Bertz CT molecular complexity index is 1200. The number of halogens is 2. The molecule has 0 aromatic heterocycles. The number of hydrogen-bond donors (Lipinski definition) is 0. The second-order valence-electron chi connectivity index (χ2n) is 8.29. The largest absolute Gasteiger partial charge is 0.0840 e. The van der Waals surface area contributed by atoms with Crippen LogP contribution in [0.25, 0.3) is 0 Å². The van der Waals surface area contributed by atoms with Gasteiger partial charge in [-0.3, -0.25) is 0 Å². The molecule has 0 spiro atoms. The first-order chi connectivity index (χ1) is 14.6. The van der Waals surface area contributed by atoms with Gasteiger partial charge in [-0.15, -0.1) is 0 Å². The Morgan fingerprint density at radius 3 is 1.77 bits per heavy atom. The molecule has 0 fully saturated rings. The van der Waals surface area contributed by atoms with Crippen LogP contribution in [0.5, 0.6) is 0 Å². The summed E-state index contributed by atoms with van der Waals surface area (Å²) in [4.78, 5) is 0. The predicted molar refractivity (Wildman–Crippen MR) is 127 cm³/mol. The van der Waals surface area contributed by atoms with E-state index in [-0.39, 0.29) is 10.8 Å². The van der Waals surface area contributed by atoms with Gasteiger partial charge in [-0.1, -0.05) is 121 Å². The van der Waals surface area contributed by atoms with Crippen molar-refractivity contribution in [1.29, 1.82) is 0 Å². The standard InChI is InChI=1S/C28H22Cl2/c1-27(20-11-4-2-5-12-20)19-28(21-13-6-3-7-14-21,22-15-8-9-17-24(22)29)23-16-10-18-25(30)26(23)27/h2-18H,19H2,1H3/t27-,28+/m0/s1. The Balaban J connectivity index is 1.91. The van der Waals surface area contributed by atoms with Crippen LogP contribution in [0, 0.1) is 0 Å². The SMILES string of the molecule is C[C@@]1(c2ccccc2)C[C@@](c2ccccc2)(c2ccccc2Cl)c2cccc(Cl)c21. The molecular weight excluding hydrogens is 407 g/mol. The van der Waals surface area contributed by atoms with Gasteiger partial charge in [0.2, 0.25) is 0 Å². The molecule has 1 aliphatic rings. The van der Waals surface area contributed by atoms with Crippen LogP contribution in [0.4, 0.5) is 0 Å². The molecular formula is C28H22Cl2. The van der Waals surface area contributed by atoms with Gasteiger partial charge < -0.3 is 0 Å². The number of hydrogen-bond acceptors (Lipinski definition) is 0. The first-order valence-corrected chi connectivity index (χ1v) is 11.0. The van der Waals surface area contributed by atoms with Gasteiger partial charge >= 0.3 is 0 Å². The van der Waals surface area contributed by atoms with Gasteiger partial charge in [0.05, 0.1) is 0 Å². The zero-order valence-electron chi connectivity index (χ0n) is 16.8. The molecule has 4 aromatic rings. The van der Waals surface area contributed by atoms with E-state index in [2.05, 4.69) is 91.9 Å². The Kier molecular flexibility index (Phi) is 4.73. The van der Waals surface area contributed by atoms with E-state index >= 15 is 0 Å². The maximum absolute atomic E-state index is 6.91. The molecule has 0 saturated heterocycles. The van der Waals surface area contributed by atoms with Crippen molar-refractivity contribution in [2.24, 2.45) is 0 Å². The van der Waals surface area contributed by atoms with E-state index in [1.54, 1.807) is 0 Å². The Hall–Kier alpha value is -2.54. The molecule has 148 valence electrons. The summed E-state index contributed by atoms with van der Waals surface area (Å²) in [6, 6.07) is 35.9. The summed E-state index contributed by atoms with van der Waals surface area (Å²) in [6.45, 7) is 2.31. The zero-order chi connectivity index (χ0) is 20.8. The average Bonchev–Trinajstić information content (AvgIpc) is 3.07. The summed E-state index contributed by atoms with van der Waals surface area (Å²) < 4.78 is 0. The zero-order valence-corrected chi connectivity index (χ0v) is 18.3. The molecule has 1 aliphatic carbocycles. The Morgan fingerprint density at radius 2 is 1.10 bits per heavy atom. The van der Waals surface area contributed by atoms with Crippen molar-refractivity contribution in [2.45, 2.75) is 24.2 Å². The maximum atomic E-state index is 6.91. The molecule has 0 bridgehead atoms. The molecule has 0 radical (unpaired) electrons. The minimum atomic E-state index is -0.384. The van der Waals surface area contributed by atoms with Crippen molar-refractivity contribution in [1.82, 2.24) is 0 Å². The van der Waals surface area contributed by atoms with Crippen molar-refractivity contribution in [2.75, 3.05) is 0 Å². The van der Waals surface area contributed by atoms with Crippen LogP contribution < -0.4 is 0 Å². The highest BCUT2D eigenvalue weighted by Gasteiger charge is 2.53. The molecule has 0 amide bonds. The molecule has 0 unspecified atom stereocenters. The summed E-state index contributed by atoms with van der Waals surface area (Å²) in [5, 5.41) is 1.59. The first kappa shape index (κ1) is 19.4. The van der Waals surface area contributed by atoms with Gasteiger partial charge in [0.1, 0.15) is 0 Å². The molecule has 0 N–H and O–H groups in total. The van der Waals surface area contributed by atoms with Crippen LogP contribution in [0.15, 0.2) is 103 Å². The summed E-state index contributed by atoms with van der Waals surface area (Å²) in [7, 11) is 0. The fourth-order valence-corrected chi connectivity index (χ4v) is 6.07. The molecule has 2 atom stereocenters. The van der Waals surface area contributed by atoms with Gasteiger partial charge in [-0.25, -0.2) is 0 Å². The molecule has 5 rings (SSSR count). The molecule has 0 aliphatic heterocycles. The predicted octanol–water partition coefficient (Wildman–Crippen LogP) is 8.04. The van der Waals surface area contributed by atoms with Gasteiger partial charge in [0.15, 0.2) is 0 Å². The number of rotatable bonds is 3. The van der Waals surface area contributed by atoms with Crippen LogP contribution >= 0.6 is 23.2 Å². The minimum Gasteiger partial charge on any atom is -0.0840 e. The van der Waals surface area contributed by atoms with Crippen LogP contribution in [-0.4, -0.2) is 0 Å². The van der Waals surface area contributed by atoms with E-state index in [1.807, 2.05) is 18.2 Å². The quantitative estimate of drug-likeness (QED) is 0.309. The van der Waals surface area contributed by atoms with Crippen molar-refractivity contribution in [3.05, 3.63) is 141 Å². The molecule has 0 saturated carbocycles. The summed E-state index contributed by atoms with van der Waals surface area (Å²) >= 11 is 13.8. The smallest absolute Gasteiger partial charge is 0.0481 e. The maximum Gasteiger partial charge on any atom is 0.0481 e. The molecule has 4 aromatic carbocycles. The van der Waals surface area contributed by atoms with Gasteiger partial charge in [0, 0.05) is 20.9 Å². The molecule has 2 heteroatoms. The lowest BCUT2D eigenvalue weighted by atomic mass is 9.67. The second kappa shape index (κ2) is 7.30. The Morgan fingerprint density at radius 1 is 0.567 bits per heavy atom. The fraction of sp³-hybridized carbons (Fsp3) is 0.143. The highest BCUT2D eigenvalue weighted by atomic mass is 35.5. The van der Waals surface area contributed by atoms with Crippen molar-refractivity contribution >= 4 is 23.2 Å². The third-order valence-electron chi connectivity index (χ3n) is 6.66. The minimum absolute atomic E-state index is 0.246. The van der Waals surface area contributed by atoms with Crippen molar-refractivity contribution in [3.8, 4) is 0 Å². The second-order valence-corrected chi connectivity index (χ2v) is 9.10. The topological polar surface area (TPSA) is 0 Å². The Labute approximate surface area is 188 Å². The van der Waals surface area contributed by atoms with E-state index in [0.717, 1.165) is 22.0 Å². The van der Waals surface area contributed by atoms with E-state index in [9.17, 15) is 0 Å². The average molecular weight is 429 g/mol. The van der Waals surface area contributed by atoms with Crippen molar-refractivity contribution in [3.63, 3.8) is 0 Å². The fourth-order valence-electron chi connectivity index (χ4n) is 5.39. The van der Waals surface area contributed by atoms with Gasteiger partial charge in [0.25, 0.3) is 0 Å². The van der Waals surface area contributed by atoms with E-state index in [0.29, 0.717) is 0 Å². The van der Waals surface area contributed by atoms with Gasteiger partial charge in [-0.05, 0) is 46.4 Å². The lowest BCUT2D eigenvalue weighted by Crippen LogP contribution is -2.30. The third-order valence-corrected chi connectivity index (χ3v) is 7.30. The molecule has 0 nitrogen and oxygen atoms in total. The lowest BCUT2D eigenvalue weighted by molar-refractivity contribution is 0.473. The van der Waals surface area contributed by atoms with Gasteiger partial charge in [-0.2, -0.15) is 0 Å². The highest BCUT2D eigenvalue weighted by molar-refractivity contribution is 6.32. The van der Waals surface area contributed by atoms with Crippen LogP contribution in [0.2, 0.25) is 10.0 Å². The van der Waals surface area contributed by atoms with Crippen LogP contribution in [0.1, 0.15) is 41.2 Å². The third kappa shape index (κ3) is 2.75. The number of fused-ring (bicyclic) bond motifs is 1. The summed E-state index contributed by atoms with van der Waals surface area (Å²) in [5.41, 5.74) is 5.43. The van der Waals surface area contributed by atoms with E-state index in [4.69, 9.17) is 23.2 Å². The highest BCUT2D eigenvalue weighted by Crippen LogP contribution is 2.60. The molecule has 0 heterocycles. The molecule has 30 heavy (non-hydrogen) atoms. The lowest BCUT2D eigenvalue weighted by Gasteiger charge is -2.35. The monoisotopic (exact) mass is 428 g/mol. The van der Waals surface area contributed by atoms with Crippen LogP contribution in [-0.2, 0) is 10.8 Å².